The van der Waals surface area contributed by atoms with Crippen LogP contribution in [0.2, 0.25) is 0 Å². The summed E-state index contributed by atoms with van der Waals surface area (Å²) in [7, 11) is 0. The van der Waals surface area contributed by atoms with Crippen LogP contribution in [0.4, 0.5) is 10.1 Å². The fraction of sp³-hybridized carbons (Fsp3) is 0.318. The van der Waals surface area contributed by atoms with E-state index in [2.05, 4.69) is 5.32 Å². The SMILES string of the molecule is O=C(O)CCC(=O)NC1c2ccccc2N(C(=O)c2ccc(F)cc2)C2CCC12. The molecule has 2 amide bonds. The first-order valence-electron chi connectivity index (χ1n) is 9.65. The van der Waals surface area contributed by atoms with E-state index < -0.39 is 11.8 Å². The van der Waals surface area contributed by atoms with Gasteiger partial charge in [0.25, 0.3) is 5.91 Å². The van der Waals surface area contributed by atoms with Crippen LogP contribution in [-0.4, -0.2) is 28.9 Å². The second kappa shape index (κ2) is 7.66. The van der Waals surface area contributed by atoms with Gasteiger partial charge in [-0.05, 0) is 48.7 Å². The first-order valence-corrected chi connectivity index (χ1v) is 9.65. The van der Waals surface area contributed by atoms with E-state index in [1.54, 1.807) is 4.90 Å². The minimum absolute atomic E-state index is 0.0584. The van der Waals surface area contributed by atoms with Gasteiger partial charge < -0.3 is 15.3 Å². The van der Waals surface area contributed by atoms with Crippen molar-refractivity contribution in [2.24, 2.45) is 5.92 Å². The summed E-state index contributed by atoms with van der Waals surface area (Å²) in [6.45, 7) is 0. The predicted octanol–water partition coefficient (Wildman–Crippen LogP) is 3.29. The number of amides is 2. The highest BCUT2D eigenvalue weighted by atomic mass is 19.1. The Bertz CT molecular complexity index is 960. The summed E-state index contributed by atoms with van der Waals surface area (Å²) < 4.78 is 13.3. The van der Waals surface area contributed by atoms with Crippen molar-refractivity contribution in [3.63, 3.8) is 0 Å². The molecule has 1 fully saturated rings. The fourth-order valence-electron chi connectivity index (χ4n) is 4.24. The molecule has 0 aromatic heterocycles. The summed E-state index contributed by atoms with van der Waals surface area (Å²) in [5, 5.41) is 11.8. The summed E-state index contributed by atoms with van der Waals surface area (Å²) in [5.74, 6) is -1.85. The fourth-order valence-corrected chi connectivity index (χ4v) is 4.24. The third-order valence-electron chi connectivity index (χ3n) is 5.77. The van der Waals surface area contributed by atoms with E-state index in [0.29, 0.717) is 5.56 Å². The second-order valence-electron chi connectivity index (χ2n) is 7.49. The van der Waals surface area contributed by atoms with E-state index >= 15 is 0 Å². The van der Waals surface area contributed by atoms with Gasteiger partial charge in [0, 0.05) is 29.6 Å². The summed E-state index contributed by atoms with van der Waals surface area (Å²) in [4.78, 5) is 38.0. The Morgan fingerprint density at radius 1 is 1.03 bits per heavy atom. The highest BCUT2D eigenvalue weighted by Gasteiger charge is 2.49. The van der Waals surface area contributed by atoms with Gasteiger partial charge in [-0.25, -0.2) is 4.39 Å². The molecular weight excluding hydrogens is 375 g/mol. The molecule has 3 atom stereocenters. The van der Waals surface area contributed by atoms with E-state index in [4.69, 9.17) is 5.11 Å². The Balaban J connectivity index is 1.64. The number of hydrogen-bond acceptors (Lipinski definition) is 3. The predicted molar refractivity (Wildman–Crippen MR) is 104 cm³/mol. The maximum absolute atomic E-state index is 13.3. The average molecular weight is 396 g/mol. The highest BCUT2D eigenvalue weighted by molar-refractivity contribution is 6.07. The Morgan fingerprint density at radius 2 is 1.76 bits per heavy atom. The third kappa shape index (κ3) is 3.60. The number of carbonyl (C=O) groups excluding carboxylic acids is 2. The van der Waals surface area contributed by atoms with Crippen molar-refractivity contribution in [3.05, 3.63) is 65.5 Å². The van der Waals surface area contributed by atoms with Gasteiger partial charge in [0.05, 0.1) is 12.5 Å². The lowest BCUT2D eigenvalue weighted by Crippen LogP contribution is -2.58. The van der Waals surface area contributed by atoms with Crippen LogP contribution in [0.1, 0.15) is 47.6 Å². The number of rotatable bonds is 5. The molecule has 29 heavy (non-hydrogen) atoms. The van der Waals surface area contributed by atoms with Gasteiger partial charge in [0.1, 0.15) is 5.82 Å². The zero-order valence-corrected chi connectivity index (χ0v) is 15.7. The Kier molecular flexibility index (Phi) is 5.05. The van der Waals surface area contributed by atoms with E-state index in [0.717, 1.165) is 24.1 Å². The number of benzene rings is 2. The lowest BCUT2D eigenvalue weighted by atomic mass is 9.68. The van der Waals surface area contributed by atoms with Crippen molar-refractivity contribution >= 4 is 23.5 Å². The number of fused-ring (bicyclic) bond motifs is 2. The number of hydrogen-bond donors (Lipinski definition) is 2. The average Bonchev–Trinajstić information content (AvgIpc) is 2.68. The van der Waals surface area contributed by atoms with Gasteiger partial charge in [0.2, 0.25) is 5.91 Å². The zero-order chi connectivity index (χ0) is 20.5. The first kappa shape index (κ1) is 19.1. The van der Waals surface area contributed by atoms with Crippen LogP contribution in [-0.2, 0) is 9.59 Å². The van der Waals surface area contributed by atoms with Crippen molar-refractivity contribution in [2.75, 3.05) is 4.90 Å². The minimum atomic E-state index is -1.01. The van der Waals surface area contributed by atoms with Crippen LogP contribution in [0.25, 0.3) is 0 Å². The second-order valence-corrected chi connectivity index (χ2v) is 7.49. The number of nitrogens with one attached hydrogen (secondary N) is 1. The molecule has 7 heteroatoms. The number of nitrogens with zero attached hydrogens (tertiary/aromatic N) is 1. The quantitative estimate of drug-likeness (QED) is 0.812. The molecule has 4 rings (SSSR count). The molecule has 2 N–H and O–H groups in total. The molecule has 2 aromatic carbocycles. The molecule has 0 saturated heterocycles. The van der Waals surface area contributed by atoms with E-state index in [-0.39, 0.29) is 42.7 Å². The Labute approximate surface area is 167 Å². The number of carbonyl (C=O) groups is 3. The number of carboxylic acids is 1. The molecule has 1 aliphatic heterocycles. The summed E-state index contributed by atoms with van der Waals surface area (Å²) in [6.07, 6.45) is 1.37. The molecule has 2 aliphatic rings. The van der Waals surface area contributed by atoms with Gasteiger partial charge in [-0.3, -0.25) is 14.4 Å². The summed E-state index contributed by atoms with van der Waals surface area (Å²) in [5.41, 5.74) is 1.98. The van der Waals surface area contributed by atoms with E-state index in [1.165, 1.54) is 24.3 Å². The van der Waals surface area contributed by atoms with E-state index in [1.807, 2.05) is 24.3 Å². The number of halogens is 1. The van der Waals surface area contributed by atoms with Crippen LogP contribution in [0.3, 0.4) is 0 Å². The smallest absolute Gasteiger partial charge is 0.303 e. The van der Waals surface area contributed by atoms with Crippen LogP contribution in [0, 0.1) is 11.7 Å². The first-order chi connectivity index (χ1) is 14.0. The molecule has 0 radical (unpaired) electrons. The normalized spacial score (nSPS) is 22.1. The molecule has 6 nitrogen and oxygen atoms in total. The maximum atomic E-state index is 13.3. The molecule has 0 bridgehead atoms. The van der Waals surface area contributed by atoms with Crippen molar-refractivity contribution in [1.29, 1.82) is 0 Å². The Hall–Kier alpha value is -3.22. The number of carboxylic acid groups (broad SMARTS) is 1. The maximum Gasteiger partial charge on any atom is 0.303 e. The molecule has 0 spiro atoms. The third-order valence-corrected chi connectivity index (χ3v) is 5.77. The molecule has 3 unspecified atom stereocenters. The van der Waals surface area contributed by atoms with Crippen molar-refractivity contribution in [1.82, 2.24) is 5.32 Å². The van der Waals surface area contributed by atoms with Gasteiger partial charge in [0.15, 0.2) is 0 Å². The standard InChI is InChI=1S/C22H21FN2O4/c23-14-7-5-13(6-8-14)22(29)25-17-4-2-1-3-15(17)21(16-9-10-18(16)25)24-19(26)11-12-20(27)28/h1-8,16,18,21H,9-12H2,(H,24,26)(H,27,28). The largest absolute Gasteiger partial charge is 0.481 e. The number of aliphatic carboxylic acids is 1. The van der Waals surface area contributed by atoms with Gasteiger partial charge >= 0.3 is 5.97 Å². The molecule has 1 heterocycles. The van der Waals surface area contributed by atoms with Crippen molar-refractivity contribution < 1.29 is 23.9 Å². The highest BCUT2D eigenvalue weighted by Crippen LogP contribution is 2.50. The monoisotopic (exact) mass is 396 g/mol. The van der Waals surface area contributed by atoms with Gasteiger partial charge in [-0.15, -0.1) is 0 Å². The minimum Gasteiger partial charge on any atom is -0.481 e. The van der Waals surface area contributed by atoms with Gasteiger partial charge in [-0.1, -0.05) is 18.2 Å². The summed E-state index contributed by atoms with van der Waals surface area (Å²) >= 11 is 0. The molecule has 1 saturated carbocycles. The molecule has 1 aliphatic carbocycles. The van der Waals surface area contributed by atoms with Crippen LogP contribution >= 0.6 is 0 Å². The lowest BCUT2D eigenvalue weighted by Gasteiger charge is -2.52. The van der Waals surface area contributed by atoms with E-state index in [9.17, 15) is 18.8 Å². The van der Waals surface area contributed by atoms with Crippen LogP contribution in [0.15, 0.2) is 48.5 Å². The van der Waals surface area contributed by atoms with Crippen molar-refractivity contribution in [2.45, 2.75) is 37.8 Å². The van der Waals surface area contributed by atoms with Gasteiger partial charge in [-0.2, -0.15) is 0 Å². The lowest BCUT2D eigenvalue weighted by molar-refractivity contribution is -0.139. The molecular formula is C22H21FN2O4. The zero-order valence-electron chi connectivity index (χ0n) is 15.7. The topological polar surface area (TPSA) is 86.7 Å². The number of para-hydroxylation sites is 1. The van der Waals surface area contributed by atoms with Crippen LogP contribution in [0.5, 0.6) is 0 Å². The van der Waals surface area contributed by atoms with Crippen molar-refractivity contribution in [3.8, 4) is 0 Å². The summed E-state index contributed by atoms with van der Waals surface area (Å²) in [6, 6.07) is 12.6. The molecule has 2 aromatic rings. The number of anilines is 1. The van der Waals surface area contributed by atoms with Crippen LogP contribution < -0.4 is 10.2 Å². The molecule has 150 valence electrons. The Morgan fingerprint density at radius 3 is 2.41 bits per heavy atom.